The average Bonchev–Trinajstić information content (AvgIpc) is 3.36. The van der Waals surface area contributed by atoms with Crippen LogP contribution in [0.3, 0.4) is 0 Å². The first-order chi connectivity index (χ1) is 11.1. The Bertz CT molecular complexity index is 736. The summed E-state index contributed by atoms with van der Waals surface area (Å²) in [5, 5.41) is 7.01. The fourth-order valence-corrected chi connectivity index (χ4v) is 2.34. The summed E-state index contributed by atoms with van der Waals surface area (Å²) in [5.74, 6) is 0.0494. The van der Waals surface area contributed by atoms with Gasteiger partial charge in [-0.15, -0.1) is 0 Å². The normalized spacial score (nSPS) is 14.4. The lowest BCUT2D eigenvalue weighted by Crippen LogP contribution is -2.26. The smallest absolute Gasteiger partial charge is 0.306 e. The van der Waals surface area contributed by atoms with E-state index in [0.717, 1.165) is 35.4 Å². The maximum absolute atomic E-state index is 13.0. The minimum absolute atomic E-state index is 0.283. The van der Waals surface area contributed by atoms with Gasteiger partial charge in [-0.2, -0.15) is 5.10 Å². The predicted octanol–water partition coefficient (Wildman–Crippen LogP) is 4.07. The molecule has 0 aliphatic heterocycles. The Morgan fingerprint density at radius 3 is 2.48 bits per heavy atom. The van der Waals surface area contributed by atoms with Crippen LogP contribution in [0.5, 0.6) is 0 Å². The first-order valence-electron chi connectivity index (χ1n) is 7.59. The summed E-state index contributed by atoms with van der Waals surface area (Å²) in [4.78, 5) is 12.0. The minimum Gasteiger partial charge on any atom is -0.306 e. The molecule has 2 aromatic carbocycles. The van der Waals surface area contributed by atoms with E-state index in [1.54, 1.807) is 12.1 Å². The molecule has 23 heavy (non-hydrogen) atoms. The van der Waals surface area contributed by atoms with Gasteiger partial charge in [-0.05, 0) is 49.1 Å². The molecule has 0 atom stereocenters. The third-order valence-electron chi connectivity index (χ3n) is 3.78. The number of carbonyl (C=O) groups is 1. The maximum Gasteiger partial charge on any atom is 0.339 e. The number of rotatable bonds is 4. The molecular weight excluding hydrogens is 293 g/mol. The number of hydrazone groups is 1. The predicted molar refractivity (Wildman–Crippen MR) is 89.0 cm³/mol. The van der Waals surface area contributed by atoms with Crippen molar-refractivity contribution in [2.24, 2.45) is 11.0 Å². The molecule has 0 spiro atoms. The Kier molecular flexibility index (Phi) is 4.37. The first kappa shape index (κ1) is 15.2. The van der Waals surface area contributed by atoms with Crippen molar-refractivity contribution in [1.82, 2.24) is 5.43 Å². The molecule has 0 heterocycles. The summed E-state index contributed by atoms with van der Waals surface area (Å²) in [6.45, 7) is 1.92. The van der Waals surface area contributed by atoms with Crippen molar-refractivity contribution in [3.8, 4) is 0 Å². The van der Waals surface area contributed by atoms with Crippen LogP contribution in [-0.2, 0) is 0 Å². The number of hydrogen-bond acceptors (Lipinski definition) is 2. The van der Waals surface area contributed by atoms with E-state index < -0.39 is 0 Å². The summed E-state index contributed by atoms with van der Waals surface area (Å²) in [7, 11) is 0. The van der Waals surface area contributed by atoms with E-state index in [1.807, 2.05) is 31.2 Å². The van der Waals surface area contributed by atoms with Gasteiger partial charge in [0.2, 0.25) is 0 Å². The molecule has 0 unspecified atom stereocenters. The molecule has 4 nitrogen and oxygen atoms in total. The number of anilines is 1. The van der Waals surface area contributed by atoms with Crippen molar-refractivity contribution >= 4 is 17.4 Å². The monoisotopic (exact) mass is 311 g/mol. The molecule has 2 N–H and O–H groups in total. The Morgan fingerprint density at radius 2 is 1.83 bits per heavy atom. The molecule has 2 amide bonds. The second-order valence-corrected chi connectivity index (χ2v) is 5.66. The van der Waals surface area contributed by atoms with Crippen molar-refractivity contribution in [3.63, 3.8) is 0 Å². The zero-order valence-corrected chi connectivity index (χ0v) is 12.8. The number of carbonyl (C=O) groups excluding carboxylic acids is 1. The molecule has 0 bridgehead atoms. The van der Waals surface area contributed by atoms with Crippen LogP contribution in [0.1, 0.15) is 24.0 Å². The van der Waals surface area contributed by atoms with Gasteiger partial charge in [0, 0.05) is 11.6 Å². The second-order valence-electron chi connectivity index (χ2n) is 5.66. The Hall–Kier alpha value is -2.69. The Balaban J connectivity index is 1.70. The van der Waals surface area contributed by atoms with Gasteiger partial charge in [-0.25, -0.2) is 14.6 Å². The molecule has 0 saturated heterocycles. The van der Waals surface area contributed by atoms with Crippen molar-refractivity contribution in [2.75, 3.05) is 5.32 Å². The average molecular weight is 311 g/mol. The third-order valence-corrected chi connectivity index (χ3v) is 3.78. The number of para-hydroxylation sites is 1. The number of benzene rings is 2. The highest BCUT2D eigenvalue weighted by atomic mass is 19.1. The zero-order valence-electron chi connectivity index (χ0n) is 12.8. The Morgan fingerprint density at radius 1 is 1.13 bits per heavy atom. The van der Waals surface area contributed by atoms with E-state index in [1.165, 1.54) is 12.1 Å². The molecule has 5 heteroatoms. The van der Waals surface area contributed by atoms with Crippen LogP contribution in [0.2, 0.25) is 0 Å². The van der Waals surface area contributed by atoms with Crippen LogP contribution in [0.25, 0.3) is 0 Å². The molecule has 118 valence electrons. The molecule has 1 saturated carbocycles. The molecule has 2 aromatic rings. The fourth-order valence-electron chi connectivity index (χ4n) is 2.34. The van der Waals surface area contributed by atoms with Crippen LogP contribution >= 0.6 is 0 Å². The summed E-state index contributed by atoms with van der Waals surface area (Å²) in [5.41, 5.74) is 5.90. The minimum atomic E-state index is -0.389. The topological polar surface area (TPSA) is 53.5 Å². The van der Waals surface area contributed by atoms with Gasteiger partial charge in [-0.3, -0.25) is 0 Å². The molecule has 3 rings (SSSR count). The molecule has 1 aliphatic carbocycles. The molecular formula is C18H18FN3O. The quantitative estimate of drug-likeness (QED) is 0.649. The van der Waals surface area contributed by atoms with E-state index in [9.17, 15) is 9.18 Å². The van der Waals surface area contributed by atoms with Gasteiger partial charge in [0.05, 0.1) is 5.71 Å². The zero-order chi connectivity index (χ0) is 16.2. The van der Waals surface area contributed by atoms with Crippen LogP contribution in [0.15, 0.2) is 53.6 Å². The molecule has 1 aliphatic rings. The number of urea groups is 1. The van der Waals surface area contributed by atoms with Crippen LogP contribution < -0.4 is 10.7 Å². The molecule has 1 fully saturated rings. The van der Waals surface area contributed by atoms with E-state index in [2.05, 4.69) is 15.8 Å². The number of hydrogen-bond donors (Lipinski definition) is 2. The lowest BCUT2D eigenvalue weighted by atomic mass is 10.1. The van der Waals surface area contributed by atoms with Crippen LogP contribution in [0.4, 0.5) is 14.9 Å². The van der Waals surface area contributed by atoms with Crippen molar-refractivity contribution in [1.29, 1.82) is 0 Å². The van der Waals surface area contributed by atoms with Gasteiger partial charge in [-0.1, -0.05) is 30.3 Å². The fraction of sp³-hybridized carbons (Fsp3) is 0.222. The number of aryl methyl sites for hydroxylation is 1. The van der Waals surface area contributed by atoms with Crippen molar-refractivity contribution < 1.29 is 9.18 Å². The first-order valence-corrected chi connectivity index (χ1v) is 7.59. The molecule has 0 radical (unpaired) electrons. The standard InChI is InChI=1S/C18H18FN3O/c1-12-4-2-3-5-16(12)20-18(23)22-21-17(13-6-7-13)14-8-10-15(19)11-9-14/h2-5,8-11,13H,6-7H2,1H3,(H2,20,22,23). The van der Waals surface area contributed by atoms with E-state index >= 15 is 0 Å². The van der Waals surface area contributed by atoms with E-state index in [4.69, 9.17) is 0 Å². The van der Waals surface area contributed by atoms with E-state index in [0.29, 0.717) is 5.92 Å². The summed E-state index contributed by atoms with van der Waals surface area (Å²) >= 11 is 0. The Labute approximate surface area is 134 Å². The highest BCUT2D eigenvalue weighted by molar-refractivity contribution is 6.04. The van der Waals surface area contributed by atoms with Crippen molar-refractivity contribution in [2.45, 2.75) is 19.8 Å². The second kappa shape index (κ2) is 6.60. The highest BCUT2D eigenvalue weighted by Crippen LogP contribution is 2.33. The SMILES string of the molecule is Cc1ccccc1NC(=O)NN=C(c1ccc(F)cc1)C1CC1. The lowest BCUT2D eigenvalue weighted by molar-refractivity contribution is 0.252. The third kappa shape index (κ3) is 3.94. The summed E-state index contributed by atoms with van der Waals surface area (Å²) in [6.07, 6.45) is 2.08. The van der Waals surface area contributed by atoms with Crippen LogP contribution in [-0.4, -0.2) is 11.7 Å². The van der Waals surface area contributed by atoms with Gasteiger partial charge in [0.25, 0.3) is 0 Å². The van der Waals surface area contributed by atoms with Gasteiger partial charge in [0.1, 0.15) is 5.82 Å². The van der Waals surface area contributed by atoms with Crippen LogP contribution in [0, 0.1) is 18.7 Å². The van der Waals surface area contributed by atoms with Gasteiger partial charge >= 0.3 is 6.03 Å². The van der Waals surface area contributed by atoms with Gasteiger partial charge in [0.15, 0.2) is 0 Å². The number of nitrogens with zero attached hydrogens (tertiary/aromatic N) is 1. The molecule has 0 aromatic heterocycles. The largest absolute Gasteiger partial charge is 0.339 e. The van der Waals surface area contributed by atoms with Crippen molar-refractivity contribution in [3.05, 3.63) is 65.5 Å². The summed E-state index contributed by atoms with van der Waals surface area (Å²) < 4.78 is 13.0. The highest BCUT2D eigenvalue weighted by Gasteiger charge is 2.29. The van der Waals surface area contributed by atoms with Gasteiger partial charge < -0.3 is 5.32 Å². The summed E-state index contributed by atoms with van der Waals surface area (Å²) in [6, 6.07) is 13.3. The van der Waals surface area contributed by atoms with E-state index in [-0.39, 0.29) is 11.8 Å². The number of amides is 2. The number of nitrogens with one attached hydrogen (secondary N) is 2. The lowest BCUT2D eigenvalue weighted by Gasteiger charge is -2.09. The number of halogens is 1. The maximum atomic E-state index is 13.0.